The van der Waals surface area contributed by atoms with E-state index in [1.807, 2.05) is 47.8 Å². The van der Waals surface area contributed by atoms with Crippen molar-refractivity contribution in [2.75, 3.05) is 24.2 Å². The second-order valence-electron chi connectivity index (χ2n) is 9.17. The van der Waals surface area contributed by atoms with Gasteiger partial charge in [-0.2, -0.15) is 5.10 Å². The van der Waals surface area contributed by atoms with Crippen molar-refractivity contribution in [2.45, 2.75) is 36.3 Å². The molecule has 1 fully saturated rings. The first-order valence-electron chi connectivity index (χ1n) is 12.4. The van der Waals surface area contributed by atoms with Crippen molar-refractivity contribution in [2.24, 2.45) is 0 Å². The lowest BCUT2D eigenvalue weighted by Gasteiger charge is -2.32. The third-order valence-electron chi connectivity index (χ3n) is 6.35. The highest BCUT2D eigenvalue weighted by Crippen LogP contribution is 2.30. The standard InChI is InChI=1S/C27H28Cl2N6OS2/c28-23-5-4-18(12-24(23)29)15-35-10-7-20(8-11-35)32-26(36)17-38-27-33-25(16-37-27)19-2-1-3-21(13-19)30-14-22-6-9-31-34-22/h1-6,9,12-13,16,20,30H,7-8,10-11,14-15,17H2,(H,31,34)(H,32,36). The number of thioether (sulfide) groups is 1. The molecule has 38 heavy (non-hydrogen) atoms. The number of aromatic amines is 1. The molecule has 2 aromatic carbocycles. The topological polar surface area (TPSA) is 85.9 Å². The zero-order valence-electron chi connectivity index (χ0n) is 20.6. The summed E-state index contributed by atoms with van der Waals surface area (Å²) in [6.07, 6.45) is 3.61. The van der Waals surface area contributed by atoms with Crippen molar-refractivity contribution in [1.82, 2.24) is 25.4 Å². The smallest absolute Gasteiger partial charge is 0.230 e. The minimum atomic E-state index is 0.0553. The van der Waals surface area contributed by atoms with E-state index in [-0.39, 0.29) is 11.9 Å². The second-order valence-corrected chi connectivity index (χ2v) is 12.1. The summed E-state index contributed by atoms with van der Waals surface area (Å²) in [6.45, 7) is 3.38. The van der Waals surface area contributed by atoms with Crippen molar-refractivity contribution in [3.63, 3.8) is 0 Å². The second kappa shape index (κ2) is 13.0. The van der Waals surface area contributed by atoms with Crippen LogP contribution < -0.4 is 10.6 Å². The fourth-order valence-corrected chi connectivity index (χ4v) is 6.32. The number of hydrogen-bond acceptors (Lipinski definition) is 7. The number of carbonyl (C=O) groups excluding carboxylic acids is 1. The van der Waals surface area contributed by atoms with Gasteiger partial charge < -0.3 is 10.6 Å². The number of rotatable bonds is 10. The van der Waals surface area contributed by atoms with Crippen LogP contribution in [-0.2, 0) is 17.9 Å². The molecule has 3 heterocycles. The van der Waals surface area contributed by atoms with E-state index in [1.54, 1.807) is 17.5 Å². The minimum absolute atomic E-state index is 0.0553. The predicted molar refractivity (Wildman–Crippen MR) is 157 cm³/mol. The van der Waals surface area contributed by atoms with Gasteiger partial charge in [-0.05, 0) is 48.7 Å². The van der Waals surface area contributed by atoms with E-state index in [1.165, 1.54) is 11.8 Å². The van der Waals surface area contributed by atoms with Crippen molar-refractivity contribution in [3.05, 3.63) is 81.4 Å². The fraction of sp³-hybridized carbons (Fsp3) is 0.296. The van der Waals surface area contributed by atoms with E-state index in [9.17, 15) is 4.79 Å². The molecule has 1 amide bonds. The van der Waals surface area contributed by atoms with E-state index in [2.05, 4.69) is 31.8 Å². The molecule has 1 aliphatic rings. The number of nitrogens with one attached hydrogen (secondary N) is 3. The van der Waals surface area contributed by atoms with Gasteiger partial charge in [0.25, 0.3) is 0 Å². The SMILES string of the molecule is O=C(CSc1nc(-c2cccc(NCc3ccn[nH]3)c2)cs1)NC1CCN(Cc2ccc(Cl)c(Cl)c2)CC1. The first-order valence-corrected chi connectivity index (χ1v) is 15.0. The number of likely N-dealkylation sites (tertiary alicyclic amines) is 1. The molecule has 0 aliphatic carbocycles. The highest BCUT2D eigenvalue weighted by atomic mass is 35.5. The van der Waals surface area contributed by atoms with Crippen LogP contribution in [0.2, 0.25) is 10.0 Å². The Labute approximate surface area is 240 Å². The molecule has 198 valence electrons. The highest BCUT2D eigenvalue weighted by molar-refractivity contribution is 8.01. The summed E-state index contributed by atoms with van der Waals surface area (Å²) in [5.74, 6) is 0.419. The summed E-state index contributed by atoms with van der Waals surface area (Å²) in [6, 6.07) is 16.1. The van der Waals surface area contributed by atoms with Crippen molar-refractivity contribution in [1.29, 1.82) is 0 Å². The van der Waals surface area contributed by atoms with E-state index in [0.717, 1.165) is 65.0 Å². The van der Waals surface area contributed by atoms with Gasteiger partial charge in [-0.1, -0.05) is 53.2 Å². The number of aromatic nitrogens is 3. The van der Waals surface area contributed by atoms with E-state index < -0.39 is 0 Å². The van der Waals surface area contributed by atoms with Crippen molar-refractivity contribution in [3.8, 4) is 11.3 Å². The third kappa shape index (κ3) is 7.51. The Kier molecular flexibility index (Phi) is 9.24. The number of hydrogen-bond donors (Lipinski definition) is 3. The molecule has 3 N–H and O–H groups in total. The van der Waals surface area contributed by atoms with Crippen LogP contribution in [0.1, 0.15) is 24.1 Å². The molecule has 7 nitrogen and oxygen atoms in total. The monoisotopic (exact) mass is 586 g/mol. The Morgan fingerprint density at radius 2 is 2.00 bits per heavy atom. The Hall–Kier alpha value is -2.56. The van der Waals surface area contributed by atoms with E-state index in [0.29, 0.717) is 22.3 Å². The third-order valence-corrected chi connectivity index (χ3v) is 9.11. The van der Waals surface area contributed by atoms with Gasteiger partial charge in [-0.25, -0.2) is 4.98 Å². The number of amides is 1. The molecule has 0 spiro atoms. The molecule has 0 saturated carbocycles. The molecule has 11 heteroatoms. The van der Waals surface area contributed by atoms with E-state index in [4.69, 9.17) is 28.2 Å². The highest BCUT2D eigenvalue weighted by Gasteiger charge is 2.21. The Morgan fingerprint density at radius 3 is 2.79 bits per heavy atom. The van der Waals surface area contributed by atoms with Gasteiger partial charge in [0.15, 0.2) is 4.34 Å². The number of nitrogens with zero attached hydrogens (tertiary/aromatic N) is 3. The van der Waals surface area contributed by atoms with Gasteiger partial charge >= 0.3 is 0 Å². The molecule has 1 aliphatic heterocycles. The maximum absolute atomic E-state index is 12.6. The van der Waals surface area contributed by atoms with Crippen LogP contribution in [0.3, 0.4) is 0 Å². The largest absolute Gasteiger partial charge is 0.379 e. The summed E-state index contributed by atoms with van der Waals surface area (Å²) < 4.78 is 0.891. The molecule has 1 saturated heterocycles. The maximum atomic E-state index is 12.6. The van der Waals surface area contributed by atoms with Crippen LogP contribution >= 0.6 is 46.3 Å². The average Bonchev–Trinajstić information content (AvgIpc) is 3.62. The lowest BCUT2D eigenvalue weighted by molar-refractivity contribution is -0.119. The summed E-state index contributed by atoms with van der Waals surface area (Å²) in [5.41, 5.74) is 5.15. The molecule has 0 radical (unpaired) electrons. The number of benzene rings is 2. The summed E-state index contributed by atoms with van der Waals surface area (Å²) in [4.78, 5) is 19.7. The quantitative estimate of drug-likeness (QED) is 0.188. The number of thiazole rings is 1. The predicted octanol–water partition coefficient (Wildman–Crippen LogP) is 6.33. The lowest BCUT2D eigenvalue weighted by Crippen LogP contribution is -2.44. The number of anilines is 1. The van der Waals surface area contributed by atoms with Crippen LogP contribution in [-0.4, -0.2) is 50.9 Å². The van der Waals surface area contributed by atoms with Crippen LogP contribution in [0.4, 0.5) is 5.69 Å². The Balaban J connectivity index is 1.05. The molecule has 0 unspecified atom stereocenters. The van der Waals surface area contributed by atoms with Crippen LogP contribution in [0.15, 0.2) is 64.4 Å². The van der Waals surface area contributed by atoms with Gasteiger partial charge in [-0.15, -0.1) is 11.3 Å². The summed E-state index contributed by atoms with van der Waals surface area (Å²) in [7, 11) is 0. The zero-order valence-corrected chi connectivity index (χ0v) is 23.8. The summed E-state index contributed by atoms with van der Waals surface area (Å²) >= 11 is 15.2. The molecule has 5 rings (SSSR count). The summed E-state index contributed by atoms with van der Waals surface area (Å²) in [5, 5.41) is 16.7. The lowest BCUT2D eigenvalue weighted by atomic mass is 10.0. The van der Waals surface area contributed by atoms with Gasteiger partial charge in [0.05, 0.1) is 33.7 Å². The average molecular weight is 588 g/mol. The van der Waals surface area contributed by atoms with Gasteiger partial charge in [0, 0.05) is 48.5 Å². The molecule has 2 aromatic heterocycles. The first-order chi connectivity index (χ1) is 18.5. The molecular formula is C27H28Cl2N6OS2. The van der Waals surface area contributed by atoms with Gasteiger partial charge in [-0.3, -0.25) is 14.8 Å². The van der Waals surface area contributed by atoms with E-state index >= 15 is 0 Å². The van der Waals surface area contributed by atoms with Gasteiger partial charge in [0.1, 0.15) is 0 Å². The Bertz CT molecular complexity index is 1360. The normalized spacial score (nSPS) is 14.5. The molecular weight excluding hydrogens is 559 g/mol. The van der Waals surface area contributed by atoms with Crippen LogP contribution in [0, 0.1) is 0 Å². The zero-order chi connectivity index (χ0) is 26.3. The molecule has 0 atom stereocenters. The fourth-order valence-electron chi connectivity index (χ4n) is 4.35. The maximum Gasteiger partial charge on any atom is 0.230 e. The van der Waals surface area contributed by atoms with Crippen molar-refractivity contribution >= 4 is 57.9 Å². The number of piperidine rings is 1. The Morgan fingerprint density at radius 1 is 1.13 bits per heavy atom. The molecule has 0 bridgehead atoms. The molecule has 4 aromatic rings. The number of H-pyrrole nitrogens is 1. The first kappa shape index (κ1) is 27.0. The number of halogens is 2. The van der Waals surface area contributed by atoms with Crippen LogP contribution in [0.5, 0.6) is 0 Å². The van der Waals surface area contributed by atoms with Crippen molar-refractivity contribution < 1.29 is 4.79 Å². The number of carbonyl (C=O) groups is 1. The van der Waals surface area contributed by atoms with Crippen LogP contribution in [0.25, 0.3) is 11.3 Å². The van der Waals surface area contributed by atoms with Gasteiger partial charge in [0.2, 0.25) is 5.91 Å². The minimum Gasteiger partial charge on any atom is -0.379 e.